The molecule has 10 heteroatoms. The van der Waals surface area contributed by atoms with Crippen molar-refractivity contribution in [3.05, 3.63) is 69.1 Å². The molecule has 1 N–H and O–H groups in total. The van der Waals surface area contributed by atoms with Gasteiger partial charge in [0.2, 0.25) is 0 Å². The van der Waals surface area contributed by atoms with Crippen LogP contribution in [0.25, 0.3) is 5.69 Å². The Morgan fingerprint density at radius 1 is 1.23 bits per heavy atom. The van der Waals surface area contributed by atoms with Gasteiger partial charge in [-0.2, -0.15) is 0 Å². The van der Waals surface area contributed by atoms with Crippen molar-refractivity contribution in [2.45, 2.75) is 25.8 Å². The number of hydrogen-bond acceptors (Lipinski definition) is 7. The Morgan fingerprint density at radius 3 is 2.63 bits per heavy atom. The highest BCUT2D eigenvalue weighted by atomic mass is 35.5. The van der Waals surface area contributed by atoms with E-state index in [4.69, 9.17) is 21.1 Å². The summed E-state index contributed by atoms with van der Waals surface area (Å²) in [5.74, 6) is -1.73. The number of halogens is 1. The average Bonchev–Trinajstić information content (AvgIpc) is 3.35. The molecule has 9 nitrogen and oxygen atoms in total. The van der Waals surface area contributed by atoms with Crippen LogP contribution in [0.4, 0.5) is 5.69 Å². The molecule has 1 aliphatic rings. The molecule has 158 valence electrons. The third-order valence-corrected chi connectivity index (χ3v) is 4.86. The number of nitro benzene ring substituents is 1. The van der Waals surface area contributed by atoms with Gasteiger partial charge in [0, 0.05) is 29.7 Å². The summed E-state index contributed by atoms with van der Waals surface area (Å²) in [5, 5.41) is 14.6. The molecular weight excluding hydrogens is 414 g/mol. The van der Waals surface area contributed by atoms with Crippen molar-refractivity contribution >= 4 is 29.2 Å². The highest BCUT2D eigenvalue weighted by Crippen LogP contribution is 2.35. The molecule has 0 spiro atoms. The largest absolute Gasteiger partial charge is 0.464 e. The normalized spacial score (nSPS) is 17.8. The fourth-order valence-corrected chi connectivity index (χ4v) is 3.53. The van der Waals surface area contributed by atoms with Crippen LogP contribution in [0.5, 0.6) is 0 Å². The number of carbonyl (C=O) groups excluding carboxylic acids is 2. The zero-order valence-electron chi connectivity index (χ0n) is 16.3. The highest BCUT2D eigenvalue weighted by Gasteiger charge is 2.41. The molecular formula is C20H20ClN3O6. The van der Waals surface area contributed by atoms with Gasteiger partial charge in [0.1, 0.15) is 11.7 Å². The molecule has 0 fully saturated rings. The molecule has 2 aromatic rings. The molecule has 1 aromatic heterocycles. The number of esters is 2. The van der Waals surface area contributed by atoms with Gasteiger partial charge in [0.05, 0.1) is 29.6 Å². The SMILES string of the molecule is CCOC(=O)C1=CNC(C(=O)OCC)C1c1ccn(-c2ccc(Cl)cc2[N+](=O)[O-])c1. The Labute approximate surface area is 177 Å². The van der Waals surface area contributed by atoms with Crippen LogP contribution in [0, 0.1) is 10.1 Å². The lowest BCUT2D eigenvalue weighted by atomic mass is 9.89. The second-order valence-corrected chi connectivity index (χ2v) is 6.87. The summed E-state index contributed by atoms with van der Waals surface area (Å²) in [6.07, 6.45) is 4.70. The van der Waals surface area contributed by atoms with Gasteiger partial charge in [-0.15, -0.1) is 0 Å². The Balaban J connectivity index is 2.01. The van der Waals surface area contributed by atoms with Crippen molar-refractivity contribution in [1.29, 1.82) is 0 Å². The van der Waals surface area contributed by atoms with E-state index in [1.807, 2.05) is 0 Å². The van der Waals surface area contributed by atoms with Crippen molar-refractivity contribution in [3.63, 3.8) is 0 Å². The molecule has 0 bridgehead atoms. The summed E-state index contributed by atoms with van der Waals surface area (Å²) in [5.41, 5.74) is 1.01. The van der Waals surface area contributed by atoms with E-state index in [9.17, 15) is 19.7 Å². The summed E-state index contributed by atoms with van der Waals surface area (Å²) < 4.78 is 11.8. The van der Waals surface area contributed by atoms with Gasteiger partial charge in [0.25, 0.3) is 5.69 Å². The lowest BCUT2D eigenvalue weighted by molar-refractivity contribution is -0.384. The molecule has 0 radical (unpaired) electrons. The van der Waals surface area contributed by atoms with Crippen LogP contribution in [0.15, 0.2) is 48.4 Å². The first-order valence-corrected chi connectivity index (χ1v) is 9.67. The summed E-state index contributed by atoms with van der Waals surface area (Å²) >= 11 is 5.89. The Morgan fingerprint density at radius 2 is 1.97 bits per heavy atom. The first-order valence-electron chi connectivity index (χ1n) is 9.29. The molecule has 3 rings (SSSR count). The van der Waals surface area contributed by atoms with Crippen LogP contribution >= 0.6 is 11.6 Å². The fraction of sp³-hybridized carbons (Fsp3) is 0.300. The summed E-state index contributed by atoms with van der Waals surface area (Å²) in [6, 6.07) is 5.21. The molecule has 0 saturated carbocycles. The zero-order valence-corrected chi connectivity index (χ0v) is 17.1. The van der Waals surface area contributed by atoms with Crippen LogP contribution < -0.4 is 5.32 Å². The minimum Gasteiger partial charge on any atom is -0.464 e. The topological polar surface area (TPSA) is 113 Å². The van der Waals surface area contributed by atoms with E-state index in [1.165, 1.54) is 18.3 Å². The number of benzene rings is 1. The molecule has 2 atom stereocenters. The fourth-order valence-electron chi connectivity index (χ4n) is 3.36. The third kappa shape index (κ3) is 4.16. The van der Waals surface area contributed by atoms with E-state index in [0.29, 0.717) is 11.3 Å². The predicted molar refractivity (Wildman–Crippen MR) is 108 cm³/mol. The minimum absolute atomic E-state index is 0.169. The first kappa shape index (κ1) is 21.4. The number of aromatic nitrogens is 1. The summed E-state index contributed by atoms with van der Waals surface area (Å²) in [6.45, 7) is 3.76. The van der Waals surface area contributed by atoms with Crippen LogP contribution in [0.2, 0.25) is 5.02 Å². The van der Waals surface area contributed by atoms with Crippen molar-refractivity contribution < 1.29 is 24.0 Å². The zero-order chi connectivity index (χ0) is 21.8. The molecule has 1 aromatic carbocycles. The first-order chi connectivity index (χ1) is 14.4. The number of nitro groups is 1. The molecule has 0 aliphatic carbocycles. The van der Waals surface area contributed by atoms with Crippen molar-refractivity contribution in [1.82, 2.24) is 9.88 Å². The quantitative estimate of drug-likeness (QED) is 0.405. The smallest absolute Gasteiger partial charge is 0.336 e. The number of nitrogens with one attached hydrogen (secondary N) is 1. The van der Waals surface area contributed by atoms with Gasteiger partial charge < -0.3 is 19.4 Å². The van der Waals surface area contributed by atoms with Gasteiger partial charge in [-0.1, -0.05) is 11.6 Å². The van der Waals surface area contributed by atoms with E-state index in [0.717, 1.165) is 0 Å². The number of ether oxygens (including phenoxy) is 2. The number of rotatable bonds is 7. The Kier molecular flexibility index (Phi) is 6.41. The Bertz CT molecular complexity index is 1020. The number of nitrogens with zero attached hydrogens (tertiary/aromatic N) is 2. The van der Waals surface area contributed by atoms with Crippen LogP contribution in [-0.2, 0) is 19.1 Å². The van der Waals surface area contributed by atoms with Gasteiger partial charge in [-0.25, -0.2) is 9.59 Å². The van der Waals surface area contributed by atoms with Crippen molar-refractivity contribution in [2.75, 3.05) is 13.2 Å². The third-order valence-electron chi connectivity index (χ3n) is 4.63. The Hall–Kier alpha value is -3.33. The van der Waals surface area contributed by atoms with Gasteiger partial charge in [-0.3, -0.25) is 10.1 Å². The lowest BCUT2D eigenvalue weighted by Crippen LogP contribution is -2.37. The lowest BCUT2D eigenvalue weighted by Gasteiger charge is -2.20. The van der Waals surface area contributed by atoms with E-state index < -0.39 is 28.8 Å². The molecule has 0 amide bonds. The molecule has 0 saturated heterocycles. The maximum absolute atomic E-state index is 12.4. The number of hydrogen-bond donors (Lipinski definition) is 1. The van der Waals surface area contributed by atoms with Gasteiger partial charge >= 0.3 is 11.9 Å². The number of carbonyl (C=O) groups is 2. The van der Waals surface area contributed by atoms with Gasteiger partial charge in [0.15, 0.2) is 0 Å². The van der Waals surface area contributed by atoms with E-state index in [1.54, 1.807) is 42.9 Å². The monoisotopic (exact) mass is 433 g/mol. The van der Waals surface area contributed by atoms with E-state index >= 15 is 0 Å². The summed E-state index contributed by atoms with van der Waals surface area (Å²) in [7, 11) is 0. The van der Waals surface area contributed by atoms with Crippen molar-refractivity contribution in [3.8, 4) is 5.69 Å². The standard InChI is InChI=1S/C20H20ClN3O6/c1-3-29-19(25)14-10-22-18(20(26)30-4-2)17(14)12-7-8-23(11-12)15-6-5-13(21)9-16(15)24(27)28/h5-11,17-18,22H,3-4H2,1-2H3. The van der Waals surface area contributed by atoms with E-state index in [-0.39, 0.29) is 29.5 Å². The summed E-state index contributed by atoms with van der Waals surface area (Å²) in [4.78, 5) is 35.8. The average molecular weight is 434 g/mol. The maximum Gasteiger partial charge on any atom is 0.336 e. The van der Waals surface area contributed by atoms with Crippen LogP contribution in [0.1, 0.15) is 25.3 Å². The van der Waals surface area contributed by atoms with Crippen LogP contribution in [-0.4, -0.2) is 40.7 Å². The van der Waals surface area contributed by atoms with Crippen LogP contribution in [0.3, 0.4) is 0 Å². The predicted octanol–water partition coefficient (Wildman–Crippen LogP) is 3.10. The molecule has 2 unspecified atom stereocenters. The second-order valence-electron chi connectivity index (χ2n) is 6.44. The second kappa shape index (κ2) is 9.00. The van der Waals surface area contributed by atoms with Crippen molar-refractivity contribution in [2.24, 2.45) is 0 Å². The molecule has 2 heterocycles. The van der Waals surface area contributed by atoms with Gasteiger partial charge in [-0.05, 0) is 37.6 Å². The maximum atomic E-state index is 12.4. The minimum atomic E-state index is -0.819. The van der Waals surface area contributed by atoms with E-state index in [2.05, 4.69) is 5.32 Å². The molecule has 30 heavy (non-hydrogen) atoms. The highest BCUT2D eigenvalue weighted by molar-refractivity contribution is 6.30. The molecule has 1 aliphatic heterocycles.